The van der Waals surface area contributed by atoms with E-state index in [4.69, 9.17) is 5.73 Å². The Kier molecular flexibility index (Phi) is 5.28. The minimum atomic E-state index is 0.725. The van der Waals surface area contributed by atoms with Gasteiger partial charge in [-0.1, -0.05) is 30.3 Å². The lowest BCUT2D eigenvalue weighted by molar-refractivity contribution is 0.0618. The third-order valence-electron chi connectivity index (χ3n) is 5.13. The molecule has 3 nitrogen and oxygen atoms in total. The Bertz CT molecular complexity index is 420. The second-order valence-electron chi connectivity index (χ2n) is 6.76. The third kappa shape index (κ3) is 4.06. The molecule has 0 saturated carbocycles. The fourth-order valence-corrected chi connectivity index (χ4v) is 3.94. The highest BCUT2D eigenvalue weighted by molar-refractivity contribution is 5.14. The number of likely N-dealkylation sites (tertiary alicyclic amines) is 2. The van der Waals surface area contributed by atoms with Crippen LogP contribution in [0.1, 0.15) is 31.2 Å². The number of benzene rings is 1. The van der Waals surface area contributed by atoms with E-state index in [-0.39, 0.29) is 0 Å². The van der Waals surface area contributed by atoms with Crippen LogP contribution in [-0.4, -0.2) is 48.6 Å². The van der Waals surface area contributed by atoms with E-state index < -0.39 is 0 Å². The van der Waals surface area contributed by atoms with Gasteiger partial charge in [0.2, 0.25) is 0 Å². The molecule has 3 rings (SSSR count). The van der Waals surface area contributed by atoms with Crippen LogP contribution in [0.5, 0.6) is 0 Å². The molecule has 2 atom stereocenters. The molecule has 2 aliphatic rings. The van der Waals surface area contributed by atoms with Crippen LogP contribution in [0.3, 0.4) is 0 Å². The molecule has 0 spiro atoms. The molecule has 116 valence electrons. The van der Waals surface area contributed by atoms with E-state index in [1.165, 1.54) is 57.4 Å². The molecule has 0 radical (unpaired) electrons. The van der Waals surface area contributed by atoms with E-state index in [1.807, 2.05) is 0 Å². The first-order chi connectivity index (χ1) is 10.3. The van der Waals surface area contributed by atoms with Gasteiger partial charge in [0.15, 0.2) is 0 Å². The molecule has 0 aromatic heterocycles. The summed E-state index contributed by atoms with van der Waals surface area (Å²) in [4.78, 5) is 5.35. The zero-order valence-electron chi connectivity index (χ0n) is 13.1. The molecule has 0 bridgehead atoms. The maximum Gasteiger partial charge on any atom is 0.0234 e. The molecule has 2 fully saturated rings. The van der Waals surface area contributed by atoms with Gasteiger partial charge >= 0.3 is 0 Å². The standard InChI is InChI=1S/C18H29N3/c19-12-17-8-4-11-21(14-17)18-9-5-10-20(15-18)13-16-6-2-1-3-7-16/h1-3,6-7,17-18H,4-5,8-15,19H2. The molecular formula is C18H29N3. The van der Waals surface area contributed by atoms with E-state index >= 15 is 0 Å². The van der Waals surface area contributed by atoms with Crippen molar-refractivity contribution in [1.82, 2.24) is 9.80 Å². The smallest absolute Gasteiger partial charge is 0.0234 e. The largest absolute Gasteiger partial charge is 0.330 e. The molecule has 0 aliphatic carbocycles. The summed E-state index contributed by atoms with van der Waals surface area (Å²) in [6.07, 6.45) is 5.36. The number of nitrogens with zero attached hydrogens (tertiary/aromatic N) is 2. The van der Waals surface area contributed by atoms with Crippen molar-refractivity contribution in [2.24, 2.45) is 11.7 Å². The van der Waals surface area contributed by atoms with Gasteiger partial charge in [-0.05, 0) is 56.8 Å². The number of piperidine rings is 2. The highest BCUT2D eigenvalue weighted by Gasteiger charge is 2.28. The summed E-state index contributed by atoms with van der Waals surface area (Å²) in [5.74, 6) is 0.725. The van der Waals surface area contributed by atoms with E-state index in [0.717, 1.165) is 25.0 Å². The second-order valence-corrected chi connectivity index (χ2v) is 6.76. The lowest BCUT2D eigenvalue weighted by Gasteiger charge is -2.43. The number of nitrogens with two attached hydrogens (primary N) is 1. The highest BCUT2D eigenvalue weighted by Crippen LogP contribution is 2.23. The Labute approximate surface area is 129 Å². The van der Waals surface area contributed by atoms with Crippen LogP contribution in [-0.2, 0) is 6.54 Å². The molecule has 2 unspecified atom stereocenters. The van der Waals surface area contributed by atoms with Crippen molar-refractivity contribution in [2.75, 3.05) is 32.7 Å². The fraction of sp³-hybridized carbons (Fsp3) is 0.667. The number of hydrogen-bond donors (Lipinski definition) is 1. The minimum absolute atomic E-state index is 0.725. The monoisotopic (exact) mass is 287 g/mol. The van der Waals surface area contributed by atoms with Gasteiger partial charge < -0.3 is 5.73 Å². The fourth-order valence-electron chi connectivity index (χ4n) is 3.94. The van der Waals surface area contributed by atoms with Gasteiger partial charge in [0, 0.05) is 25.7 Å². The Hall–Kier alpha value is -0.900. The average molecular weight is 287 g/mol. The topological polar surface area (TPSA) is 32.5 Å². The summed E-state index contributed by atoms with van der Waals surface area (Å²) in [6, 6.07) is 11.6. The van der Waals surface area contributed by atoms with E-state index in [1.54, 1.807) is 0 Å². The first-order valence-corrected chi connectivity index (χ1v) is 8.55. The van der Waals surface area contributed by atoms with E-state index in [2.05, 4.69) is 40.1 Å². The van der Waals surface area contributed by atoms with Crippen LogP contribution in [0.4, 0.5) is 0 Å². The highest BCUT2D eigenvalue weighted by atomic mass is 15.2. The molecule has 2 saturated heterocycles. The molecule has 2 heterocycles. The lowest BCUT2D eigenvalue weighted by Crippen LogP contribution is -2.51. The van der Waals surface area contributed by atoms with Crippen molar-refractivity contribution in [3.63, 3.8) is 0 Å². The van der Waals surface area contributed by atoms with Crippen LogP contribution in [0.25, 0.3) is 0 Å². The number of rotatable bonds is 4. The predicted octanol–water partition coefficient (Wildman–Crippen LogP) is 2.32. The third-order valence-corrected chi connectivity index (χ3v) is 5.13. The van der Waals surface area contributed by atoms with Crippen LogP contribution in [0.15, 0.2) is 30.3 Å². The van der Waals surface area contributed by atoms with E-state index in [0.29, 0.717) is 0 Å². The van der Waals surface area contributed by atoms with Crippen molar-refractivity contribution in [2.45, 2.75) is 38.3 Å². The van der Waals surface area contributed by atoms with Crippen molar-refractivity contribution in [3.05, 3.63) is 35.9 Å². The molecule has 3 heteroatoms. The predicted molar refractivity (Wildman–Crippen MR) is 88.1 cm³/mol. The van der Waals surface area contributed by atoms with Crippen LogP contribution in [0, 0.1) is 5.92 Å². The molecule has 0 amide bonds. The quantitative estimate of drug-likeness (QED) is 0.922. The normalized spacial score (nSPS) is 28.6. The summed E-state index contributed by atoms with van der Waals surface area (Å²) < 4.78 is 0. The molecule has 2 aliphatic heterocycles. The Morgan fingerprint density at radius 3 is 2.62 bits per heavy atom. The molecular weight excluding hydrogens is 258 g/mol. The summed E-state index contributed by atoms with van der Waals surface area (Å²) in [7, 11) is 0. The molecule has 1 aromatic carbocycles. The first kappa shape index (κ1) is 15.0. The Morgan fingerprint density at radius 1 is 1.00 bits per heavy atom. The maximum absolute atomic E-state index is 5.89. The molecule has 1 aromatic rings. The number of hydrogen-bond acceptors (Lipinski definition) is 3. The van der Waals surface area contributed by atoms with Crippen LogP contribution >= 0.6 is 0 Å². The van der Waals surface area contributed by atoms with Gasteiger partial charge in [0.1, 0.15) is 0 Å². The minimum Gasteiger partial charge on any atom is -0.330 e. The summed E-state index contributed by atoms with van der Waals surface area (Å²) in [5, 5.41) is 0. The van der Waals surface area contributed by atoms with Crippen molar-refractivity contribution in [1.29, 1.82) is 0 Å². The second kappa shape index (κ2) is 7.39. The Morgan fingerprint density at radius 2 is 1.81 bits per heavy atom. The van der Waals surface area contributed by atoms with Crippen molar-refractivity contribution in [3.8, 4) is 0 Å². The lowest BCUT2D eigenvalue weighted by atomic mass is 9.94. The van der Waals surface area contributed by atoms with Gasteiger partial charge in [-0.2, -0.15) is 0 Å². The summed E-state index contributed by atoms with van der Waals surface area (Å²) >= 11 is 0. The van der Waals surface area contributed by atoms with Crippen LogP contribution < -0.4 is 5.73 Å². The zero-order chi connectivity index (χ0) is 14.5. The van der Waals surface area contributed by atoms with Gasteiger partial charge in [-0.15, -0.1) is 0 Å². The molecule has 2 N–H and O–H groups in total. The van der Waals surface area contributed by atoms with Gasteiger partial charge in [0.05, 0.1) is 0 Å². The van der Waals surface area contributed by atoms with Crippen molar-refractivity contribution < 1.29 is 0 Å². The van der Waals surface area contributed by atoms with Gasteiger partial charge in [-0.3, -0.25) is 9.80 Å². The summed E-state index contributed by atoms with van der Waals surface area (Å²) in [6.45, 7) is 6.94. The first-order valence-electron chi connectivity index (χ1n) is 8.55. The van der Waals surface area contributed by atoms with Gasteiger partial charge in [-0.25, -0.2) is 0 Å². The maximum atomic E-state index is 5.89. The average Bonchev–Trinajstić information content (AvgIpc) is 2.56. The van der Waals surface area contributed by atoms with Gasteiger partial charge in [0.25, 0.3) is 0 Å². The van der Waals surface area contributed by atoms with E-state index in [9.17, 15) is 0 Å². The van der Waals surface area contributed by atoms with Crippen molar-refractivity contribution >= 4 is 0 Å². The van der Waals surface area contributed by atoms with Crippen LogP contribution in [0.2, 0.25) is 0 Å². The summed E-state index contributed by atoms with van der Waals surface area (Å²) in [5.41, 5.74) is 7.33. The molecule has 21 heavy (non-hydrogen) atoms. The SMILES string of the molecule is NCC1CCCN(C2CCCN(Cc3ccccc3)C2)C1. The Balaban J connectivity index is 1.55. The zero-order valence-corrected chi connectivity index (χ0v) is 13.1.